The van der Waals surface area contributed by atoms with Crippen LogP contribution in [0, 0.1) is 0 Å². The van der Waals surface area contributed by atoms with Crippen molar-refractivity contribution in [2.24, 2.45) is 4.99 Å². The van der Waals surface area contributed by atoms with E-state index >= 15 is 0 Å². The molecule has 2 aromatic rings. The van der Waals surface area contributed by atoms with Crippen LogP contribution in [-0.4, -0.2) is 12.6 Å². The summed E-state index contributed by atoms with van der Waals surface area (Å²) in [5.41, 5.74) is 4.73. The number of allylic oxidation sites excluding steroid dienone is 3. The number of anilines is 1. The van der Waals surface area contributed by atoms with Crippen LogP contribution < -0.4 is 5.32 Å². The summed E-state index contributed by atoms with van der Waals surface area (Å²) in [6.45, 7) is 0. The van der Waals surface area contributed by atoms with Crippen LogP contribution in [-0.2, 0) is 0 Å². The first kappa shape index (κ1) is 18.0. The molecule has 0 amide bonds. The Balaban J connectivity index is 0.00000100. The van der Waals surface area contributed by atoms with E-state index < -0.39 is 0 Å². The van der Waals surface area contributed by atoms with E-state index in [1.807, 2.05) is 54.7 Å². The predicted molar refractivity (Wildman–Crippen MR) is 106 cm³/mol. The van der Waals surface area contributed by atoms with E-state index in [2.05, 4.69) is 46.3 Å². The van der Waals surface area contributed by atoms with E-state index in [0.717, 1.165) is 24.2 Å². The van der Waals surface area contributed by atoms with E-state index in [1.54, 1.807) is 0 Å². The van der Waals surface area contributed by atoms with Crippen molar-refractivity contribution in [2.45, 2.75) is 19.3 Å². The minimum atomic E-state index is 1.00. The number of rotatable bonds is 4. The Morgan fingerprint density at radius 3 is 2.29 bits per heavy atom. The van der Waals surface area contributed by atoms with Gasteiger partial charge in [0.15, 0.2) is 0 Å². The number of benzene rings is 2. The zero-order chi connectivity index (χ0) is 17.0. The molecule has 2 aromatic carbocycles. The van der Waals surface area contributed by atoms with Crippen molar-refractivity contribution in [2.75, 3.05) is 11.7 Å². The second kappa shape index (κ2) is 10.5. The lowest BCUT2D eigenvalue weighted by molar-refractivity contribution is 0.806. The molecular weight excluding hydrogens is 316 g/mol. The molecule has 0 aliphatic heterocycles. The van der Waals surface area contributed by atoms with Gasteiger partial charge in [0, 0.05) is 24.5 Å². The first-order valence-corrected chi connectivity index (χ1v) is 8.84. The number of nitrogens with one attached hydrogen (secondary N) is 1. The molecule has 24 heavy (non-hydrogen) atoms. The highest BCUT2D eigenvalue weighted by molar-refractivity contribution is 6.15. The number of alkyl halides is 1. The number of halogens is 1. The van der Waals surface area contributed by atoms with E-state index in [0.29, 0.717) is 0 Å². The van der Waals surface area contributed by atoms with Gasteiger partial charge in [-0.3, -0.25) is 4.99 Å². The Morgan fingerprint density at radius 2 is 1.58 bits per heavy atom. The summed E-state index contributed by atoms with van der Waals surface area (Å²) in [7, 11) is 0. The molecule has 1 aliphatic carbocycles. The molecule has 0 spiro atoms. The average Bonchev–Trinajstić information content (AvgIpc) is 2.68. The Bertz CT molecular complexity index is 688. The van der Waals surface area contributed by atoms with Gasteiger partial charge in [-0.15, -0.1) is 11.6 Å². The summed E-state index contributed by atoms with van der Waals surface area (Å²) >= 11 is 4.64. The highest BCUT2D eigenvalue weighted by atomic mass is 35.5. The maximum atomic E-state index is 4.64. The summed E-state index contributed by atoms with van der Waals surface area (Å²) in [5, 5.41) is 3.36. The van der Waals surface area contributed by atoms with Crippen LogP contribution in [0.15, 0.2) is 89.1 Å². The topological polar surface area (TPSA) is 24.4 Å². The zero-order valence-corrected chi connectivity index (χ0v) is 14.7. The highest BCUT2D eigenvalue weighted by Crippen LogP contribution is 2.22. The van der Waals surface area contributed by atoms with Crippen molar-refractivity contribution in [3.63, 3.8) is 0 Å². The summed E-state index contributed by atoms with van der Waals surface area (Å²) in [4.78, 5) is 4.54. The summed E-state index contributed by atoms with van der Waals surface area (Å²) in [6, 6.07) is 20.3. The first-order chi connectivity index (χ1) is 11.9. The average molecular weight is 339 g/mol. The van der Waals surface area contributed by atoms with Gasteiger partial charge < -0.3 is 5.32 Å². The number of para-hydroxylation sites is 2. The fourth-order valence-electron chi connectivity index (χ4n) is 2.48. The van der Waals surface area contributed by atoms with Gasteiger partial charge in [0.25, 0.3) is 0 Å². The SMILES string of the molecule is C(=Nc1ccccc1)C1=C/C(=C/Nc2ccccc2)CCC1.CCl. The minimum absolute atomic E-state index is 1.00. The second-order valence-electron chi connectivity index (χ2n) is 5.40. The van der Waals surface area contributed by atoms with Gasteiger partial charge in [0.1, 0.15) is 0 Å². The summed E-state index contributed by atoms with van der Waals surface area (Å²) in [5.74, 6) is 0. The molecule has 0 fully saturated rings. The quantitative estimate of drug-likeness (QED) is 0.509. The van der Waals surface area contributed by atoms with Crippen molar-refractivity contribution in [3.05, 3.63) is 84.1 Å². The Hall–Kier alpha value is -2.32. The molecule has 2 nitrogen and oxygen atoms in total. The Morgan fingerprint density at radius 1 is 0.917 bits per heavy atom. The lowest BCUT2D eigenvalue weighted by Crippen LogP contribution is -1.98. The molecular formula is C21H23ClN2. The number of aliphatic imine (C=N–C) groups is 1. The second-order valence-corrected chi connectivity index (χ2v) is 5.40. The maximum absolute atomic E-state index is 4.64. The van der Waals surface area contributed by atoms with Crippen LogP contribution in [0.2, 0.25) is 0 Å². The third-order valence-electron chi connectivity index (χ3n) is 3.64. The molecule has 0 saturated carbocycles. The van der Waals surface area contributed by atoms with Gasteiger partial charge in [0.2, 0.25) is 0 Å². The van der Waals surface area contributed by atoms with Crippen LogP contribution in [0.1, 0.15) is 19.3 Å². The van der Waals surface area contributed by atoms with Crippen LogP contribution >= 0.6 is 11.6 Å². The van der Waals surface area contributed by atoms with Crippen LogP contribution in [0.3, 0.4) is 0 Å². The predicted octanol–water partition coefficient (Wildman–Crippen LogP) is 6.35. The molecule has 124 valence electrons. The Kier molecular flexibility index (Phi) is 7.85. The molecule has 0 radical (unpaired) electrons. The number of hydrogen-bond acceptors (Lipinski definition) is 2. The van der Waals surface area contributed by atoms with Crippen molar-refractivity contribution in [1.82, 2.24) is 0 Å². The van der Waals surface area contributed by atoms with Crippen LogP contribution in [0.4, 0.5) is 11.4 Å². The van der Waals surface area contributed by atoms with Gasteiger partial charge in [-0.05, 0) is 54.7 Å². The summed E-state index contributed by atoms with van der Waals surface area (Å²) < 4.78 is 0. The first-order valence-electron chi connectivity index (χ1n) is 8.08. The smallest absolute Gasteiger partial charge is 0.0629 e. The number of nitrogens with zero attached hydrogens (tertiary/aromatic N) is 1. The molecule has 0 unspecified atom stereocenters. The molecule has 3 rings (SSSR count). The lowest BCUT2D eigenvalue weighted by atomic mass is 9.96. The minimum Gasteiger partial charge on any atom is -0.361 e. The molecule has 0 aromatic heterocycles. The fourth-order valence-corrected chi connectivity index (χ4v) is 2.48. The Labute approximate surface area is 149 Å². The van der Waals surface area contributed by atoms with Crippen LogP contribution in [0.25, 0.3) is 0 Å². The van der Waals surface area contributed by atoms with Gasteiger partial charge in [-0.2, -0.15) is 0 Å². The molecule has 0 saturated heterocycles. The third kappa shape index (κ3) is 6.05. The molecule has 0 heterocycles. The van der Waals surface area contributed by atoms with Crippen molar-refractivity contribution in [3.8, 4) is 0 Å². The molecule has 1 aliphatic rings. The van der Waals surface area contributed by atoms with Gasteiger partial charge in [0.05, 0.1) is 5.69 Å². The molecule has 3 heteroatoms. The van der Waals surface area contributed by atoms with E-state index in [-0.39, 0.29) is 0 Å². The van der Waals surface area contributed by atoms with Gasteiger partial charge >= 0.3 is 0 Å². The normalized spacial score (nSPS) is 15.6. The van der Waals surface area contributed by atoms with E-state index in [1.165, 1.54) is 23.9 Å². The number of hydrogen-bond donors (Lipinski definition) is 1. The molecule has 0 atom stereocenters. The largest absolute Gasteiger partial charge is 0.361 e. The lowest BCUT2D eigenvalue weighted by Gasteiger charge is -2.12. The van der Waals surface area contributed by atoms with E-state index in [9.17, 15) is 0 Å². The standard InChI is InChI=1S/C20H20N2.CH3Cl/c1-3-10-19(11-4-1)21-15-17-8-7-9-18(14-17)16-22-20-12-5-2-6-13-20;1-2/h1-6,10-16,21H,7-9H2;1H3/b17-15+,22-16?;. The summed E-state index contributed by atoms with van der Waals surface area (Å²) in [6.07, 6.45) is 11.2. The van der Waals surface area contributed by atoms with Crippen LogP contribution in [0.5, 0.6) is 0 Å². The van der Waals surface area contributed by atoms with Crippen molar-refractivity contribution in [1.29, 1.82) is 0 Å². The molecule has 1 N–H and O–H groups in total. The highest BCUT2D eigenvalue weighted by Gasteiger charge is 2.05. The van der Waals surface area contributed by atoms with E-state index in [4.69, 9.17) is 0 Å². The van der Waals surface area contributed by atoms with Crippen molar-refractivity contribution < 1.29 is 0 Å². The van der Waals surface area contributed by atoms with Gasteiger partial charge in [-0.25, -0.2) is 0 Å². The monoisotopic (exact) mass is 338 g/mol. The zero-order valence-electron chi connectivity index (χ0n) is 14.0. The third-order valence-corrected chi connectivity index (χ3v) is 3.64. The molecule has 0 bridgehead atoms. The maximum Gasteiger partial charge on any atom is 0.0629 e. The fraction of sp³-hybridized carbons (Fsp3) is 0.190. The van der Waals surface area contributed by atoms with Gasteiger partial charge in [-0.1, -0.05) is 42.5 Å². The van der Waals surface area contributed by atoms with Crippen molar-refractivity contribution >= 4 is 29.2 Å².